The molecule has 27 heavy (non-hydrogen) atoms. The number of aromatic nitrogens is 1. The van der Waals surface area contributed by atoms with E-state index in [1.807, 2.05) is 63.2 Å². The Hall–Kier alpha value is -3.21. The first kappa shape index (κ1) is 18.6. The molecule has 2 amide bonds. The molecule has 5 heteroatoms. The highest BCUT2D eigenvalue weighted by Crippen LogP contribution is 2.20. The summed E-state index contributed by atoms with van der Waals surface area (Å²) in [6.45, 7) is 7.57. The van der Waals surface area contributed by atoms with E-state index in [1.165, 1.54) is 0 Å². The van der Waals surface area contributed by atoms with E-state index in [0.717, 1.165) is 33.3 Å². The number of pyridine rings is 1. The minimum atomic E-state index is -0.305. The van der Waals surface area contributed by atoms with E-state index in [-0.39, 0.29) is 18.4 Å². The van der Waals surface area contributed by atoms with E-state index < -0.39 is 0 Å². The summed E-state index contributed by atoms with van der Waals surface area (Å²) in [7, 11) is 0. The second kappa shape index (κ2) is 7.58. The van der Waals surface area contributed by atoms with Crippen LogP contribution in [0.25, 0.3) is 10.9 Å². The van der Waals surface area contributed by atoms with E-state index in [4.69, 9.17) is 0 Å². The van der Waals surface area contributed by atoms with Crippen molar-refractivity contribution in [1.82, 2.24) is 10.3 Å². The number of benzene rings is 2. The van der Waals surface area contributed by atoms with Crippen molar-refractivity contribution in [2.24, 2.45) is 0 Å². The van der Waals surface area contributed by atoms with Crippen LogP contribution in [0.3, 0.4) is 0 Å². The molecule has 0 unspecified atom stereocenters. The number of para-hydroxylation sites is 1. The smallest absolute Gasteiger partial charge is 0.253 e. The van der Waals surface area contributed by atoms with Crippen LogP contribution in [0.1, 0.15) is 32.7 Å². The Morgan fingerprint density at radius 1 is 0.963 bits per heavy atom. The highest BCUT2D eigenvalue weighted by molar-refractivity contribution is 6.02. The van der Waals surface area contributed by atoms with Gasteiger partial charge >= 0.3 is 0 Å². The molecule has 0 aliphatic heterocycles. The average molecular weight is 361 g/mol. The van der Waals surface area contributed by atoms with Crippen molar-refractivity contribution < 1.29 is 9.59 Å². The maximum Gasteiger partial charge on any atom is 0.253 e. The number of fused-ring (bicyclic) bond motifs is 1. The molecule has 138 valence electrons. The zero-order valence-electron chi connectivity index (χ0n) is 16.0. The van der Waals surface area contributed by atoms with Gasteiger partial charge in [-0.25, -0.2) is 0 Å². The van der Waals surface area contributed by atoms with Crippen LogP contribution in [0.15, 0.2) is 42.5 Å². The molecule has 2 N–H and O–H groups in total. The zero-order chi connectivity index (χ0) is 19.6. The predicted octanol–water partition coefficient (Wildman–Crippen LogP) is 3.84. The van der Waals surface area contributed by atoms with E-state index in [9.17, 15) is 9.59 Å². The van der Waals surface area contributed by atoms with Crippen molar-refractivity contribution in [3.63, 3.8) is 0 Å². The summed E-state index contributed by atoms with van der Waals surface area (Å²) < 4.78 is 0. The SMILES string of the molecule is Cc1ccc2nc(C)c(C(=O)NCC(=O)Nc3c(C)cccc3C)cc2c1. The number of rotatable bonds is 4. The number of anilines is 1. The third-order valence-corrected chi connectivity index (χ3v) is 4.56. The van der Waals surface area contributed by atoms with Crippen LogP contribution < -0.4 is 10.6 Å². The second-order valence-electron chi connectivity index (χ2n) is 6.82. The lowest BCUT2D eigenvalue weighted by Crippen LogP contribution is -2.33. The molecule has 5 nitrogen and oxygen atoms in total. The molecule has 0 saturated heterocycles. The number of nitrogens with zero attached hydrogens (tertiary/aromatic N) is 1. The van der Waals surface area contributed by atoms with Crippen molar-refractivity contribution >= 4 is 28.4 Å². The first-order valence-electron chi connectivity index (χ1n) is 8.87. The van der Waals surface area contributed by atoms with Gasteiger partial charge in [0.25, 0.3) is 5.91 Å². The van der Waals surface area contributed by atoms with E-state index in [0.29, 0.717) is 11.3 Å². The zero-order valence-corrected chi connectivity index (χ0v) is 16.0. The molecule has 0 atom stereocenters. The van der Waals surface area contributed by atoms with Crippen LogP contribution in [0, 0.1) is 27.7 Å². The van der Waals surface area contributed by atoms with Gasteiger partial charge in [-0.2, -0.15) is 0 Å². The molecule has 1 heterocycles. The summed E-state index contributed by atoms with van der Waals surface area (Å²) in [5, 5.41) is 6.46. The van der Waals surface area contributed by atoms with Crippen LogP contribution in [0.4, 0.5) is 5.69 Å². The molecule has 2 aromatic carbocycles. The summed E-state index contributed by atoms with van der Waals surface area (Å²) in [6, 6.07) is 13.6. The minimum absolute atomic E-state index is 0.0993. The van der Waals surface area contributed by atoms with Crippen LogP contribution in [0.5, 0.6) is 0 Å². The third kappa shape index (κ3) is 4.14. The number of carbonyl (C=O) groups is 2. The third-order valence-electron chi connectivity index (χ3n) is 4.56. The maximum absolute atomic E-state index is 12.6. The summed E-state index contributed by atoms with van der Waals surface area (Å²) in [6.07, 6.45) is 0. The lowest BCUT2D eigenvalue weighted by Gasteiger charge is -2.12. The van der Waals surface area contributed by atoms with Crippen molar-refractivity contribution in [2.45, 2.75) is 27.7 Å². The number of amides is 2. The Bertz CT molecular complexity index is 1020. The van der Waals surface area contributed by atoms with Gasteiger partial charge in [-0.05, 0) is 57.0 Å². The molecule has 0 bridgehead atoms. The maximum atomic E-state index is 12.6. The normalized spacial score (nSPS) is 10.7. The second-order valence-corrected chi connectivity index (χ2v) is 6.82. The van der Waals surface area contributed by atoms with Crippen molar-refractivity contribution in [3.05, 3.63) is 70.4 Å². The van der Waals surface area contributed by atoms with Crippen LogP contribution in [0.2, 0.25) is 0 Å². The highest BCUT2D eigenvalue weighted by atomic mass is 16.2. The van der Waals surface area contributed by atoms with Gasteiger partial charge in [0.1, 0.15) is 0 Å². The molecule has 0 aliphatic rings. The Morgan fingerprint density at radius 3 is 2.37 bits per heavy atom. The summed E-state index contributed by atoms with van der Waals surface area (Å²) >= 11 is 0. The number of carbonyl (C=O) groups excluding carboxylic acids is 2. The van der Waals surface area contributed by atoms with Gasteiger partial charge in [0.05, 0.1) is 23.3 Å². The number of hydrogen-bond acceptors (Lipinski definition) is 3. The van der Waals surface area contributed by atoms with Gasteiger partial charge < -0.3 is 10.6 Å². The van der Waals surface area contributed by atoms with Crippen molar-refractivity contribution in [1.29, 1.82) is 0 Å². The fourth-order valence-electron chi connectivity index (χ4n) is 3.07. The number of nitrogens with one attached hydrogen (secondary N) is 2. The van der Waals surface area contributed by atoms with Crippen LogP contribution in [-0.4, -0.2) is 23.3 Å². The molecule has 0 radical (unpaired) electrons. The fraction of sp³-hybridized carbons (Fsp3) is 0.227. The fourth-order valence-corrected chi connectivity index (χ4v) is 3.07. The van der Waals surface area contributed by atoms with Gasteiger partial charge in [-0.15, -0.1) is 0 Å². The van der Waals surface area contributed by atoms with Crippen LogP contribution >= 0.6 is 0 Å². The Balaban J connectivity index is 1.71. The average Bonchev–Trinajstić information content (AvgIpc) is 2.62. The minimum Gasteiger partial charge on any atom is -0.343 e. The van der Waals surface area contributed by atoms with E-state index in [2.05, 4.69) is 15.6 Å². The number of aryl methyl sites for hydroxylation is 4. The van der Waals surface area contributed by atoms with E-state index >= 15 is 0 Å². The van der Waals surface area contributed by atoms with Crippen LogP contribution in [-0.2, 0) is 4.79 Å². The molecule has 0 fully saturated rings. The molecule has 0 saturated carbocycles. The summed E-state index contributed by atoms with van der Waals surface area (Å²) in [4.78, 5) is 29.3. The van der Waals surface area contributed by atoms with E-state index in [1.54, 1.807) is 6.92 Å². The Morgan fingerprint density at radius 2 is 1.67 bits per heavy atom. The Kier molecular flexibility index (Phi) is 5.21. The first-order valence-corrected chi connectivity index (χ1v) is 8.87. The molecular formula is C22H23N3O2. The van der Waals surface area contributed by atoms with Gasteiger partial charge in [-0.1, -0.05) is 29.8 Å². The lowest BCUT2D eigenvalue weighted by atomic mass is 10.1. The molecule has 0 aliphatic carbocycles. The van der Waals surface area contributed by atoms with Crippen molar-refractivity contribution in [2.75, 3.05) is 11.9 Å². The van der Waals surface area contributed by atoms with Crippen molar-refractivity contribution in [3.8, 4) is 0 Å². The summed E-state index contributed by atoms with van der Waals surface area (Å²) in [5.74, 6) is -0.567. The lowest BCUT2D eigenvalue weighted by molar-refractivity contribution is -0.115. The Labute approximate surface area is 158 Å². The molecular weight excluding hydrogens is 338 g/mol. The van der Waals surface area contributed by atoms with Gasteiger partial charge in [0, 0.05) is 11.1 Å². The largest absolute Gasteiger partial charge is 0.343 e. The quantitative estimate of drug-likeness (QED) is 0.742. The van der Waals surface area contributed by atoms with Gasteiger partial charge in [0.2, 0.25) is 5.91 Å². The topological polar surface area (TPSA) is 71.1 Å². The molecule has 1 aromatic heterocycles. The monoisotopic (exact) mass is 361 g/mol. The first-order chi connectivity index (χ1) is 12.8. The van der Waals surface area contributed by atoms with Gasteiger partial charge in [-0.3, -0.25) is 14.6 Å². The predicted molar refractivity (Wildman–Crippen MR) is 108 cm³/mol. The molecule has 3 aromatic rings. The molecule has 3 rings (SSSR count). The standard InChI is InChI=1S/C22H23N3O2/c1-13-8-9-19-17(10-13)11-18(16(4)24-19)22(27)23-12-20(26)25-21-14(2)6-5-7-15(21)3/h5-11H,12H2,1-4H3,(H,23,27)(H,25,26). The van der Waals surface area contributed by atoms with Gasteiger partial charge in [0.15, 0.2) is 0 Å². The molecule has 0 spiro atoms. The summed E-state index contributed by atoms with van der Waals surface area (Å²) in [5.41, 5.74) is 5.83. The number of hydrogen-bond donors (Lipinski definition) is 2. The highest BCUT2D eigenvalue weighted by Gasteiger charge is 2.14.